The second-order valence-corrected chi connectivity index (χ2v) is 6.71. The summed E-state index contributed by atoms with van der Waals surface area (Å²) >= 11 is 8.19. The summed E-state index contributed by atoms with van der Waals surface area (Å²) in [5.74, 6) is -0.855. The highest BCUT2D eigenvalue weighted by molar-refractivity contribution is 9.11. The molecule has 1 aromatic heterocycles. The number of aryl methyl sites for hydroxylation is 1. The van der Waals surface area contributed by atoms with Crippen LogP contribution in [-0.2, 0) is 11.2 Å². The number of carbonyl (C=O) groups is 1. The van der Waals surface area contributed by atoms with E-state index in [0.717, 1.165) is 26.7 Å². The van der Waals surface area contributed by atoms with Crippen LogP contribution in [0.25, 0.3) is 5.69 Å². The quantitative estimate of drug-likeness (QED) is 0.740. The van der Waals surface area contributed by atoms with Gasteiger partial charge in [-0.15, -0.1) is 0 Å². The molecule has 0 bridgehead atoms. The highest BCUT2D eigenvalue weighted by atomic mass is 79.9. The predicted octanol–water partition coefficient (Wildman–Crippen LogP) is 4.14. The molecule has 0 unspecified atom stereocenters. The Hall–Kier alpha value is -0.790. The molecule has 0 radical (unpaired) electrons. The van der Waals surface area contributed by atoms with Crippen molar-refractivity contribution in [3.63, 3.8) is 0 Å². The van der Waals surface area contributed by atoms with Crippen LogP contribution in [-0.4, -0.2) is 26.4 Å². The molecule has 0 fully saturated rings. The van der Waals surface area contributed by atoms with Crippen molar-refractivity contribution < 1.29 is 9.90 Å². The first-order valence-electron chi connectivity index (χ1n) is 5.89. The smallest absolute Gasteiger partial charge is 0.313 e. The molecule has 106 valence electrons. The lowest BCUT2D eigenvalue weighted by atomic mass is 10.3. The van der Waals surface area contributed by atoms with E-state index >= 15 is 0 Å². The normalized spacial score (nSPS) is 10.8. The summed E-state index contributed by atoms with van der Waals surface area (Å²) < 4.78 is 3.90. The molecule has 1 heterocycles. The Balaban J connectivity index is 2.47. The van der Waals surface area contributed by atoms with Crippen LogP contribution in [0.1, 0.15) is 12.6 Å². The molecule has 0 saturated heterocycles. The van der Waals surface area contributed by atoms with Gasteiger partial charge in [0.2, 0.25) is 0 Å². The largest absolute Gasteiger partial charge is 0.481 e. The Kier molecular flexibility index (Phi) is 5.29. The molecular weight excluding hydrogens is 408 g/mol. The van der Waals surface area contributed by atoms with Crippen LogP contribution in [0.5, 0.6) is 0 Å². The van der Waals surface area contributed by atoms with Crippen molar-refractivity contribution in [2.75, 3.05) is 5.75 Å². The molecule has 0 spiro atoms. The molecular formula is C13H12Br2N2O2S. The third-order valence-electron chi connectivity index (χ3n) is 2.64. The van der Waals surface area contributed by atoms with E-state index < -0.39 is 5.97 Å². The predicted molar refractivity (Wildman–Crippen MR) is 86.7 cm³/mol. The maximum absolute atomic E-state index is 10.7. The zero-order valence-electron chi connectivity index (χ0n) is 10.6. The molecule has 2 rings (SSSR count). The average Bonchev–Trinajstić information content (AvgIpc) is 2.79. The highest BCUT2D eigenvalue weighted by Crippen LogP contribution is 2.30. The number of benzene rings is 1. The van der Waals surface area contributed by atoms with E-state index in [9.17, 15) is 4.79 Å². The fraction of sp³-hybridized carbons (Fsp3) is 0.231. The molecule has 0 aliphatic carbocycles. The molecule has 7 heteroatoms. The van der Waals surface area contributed by atoms with Crippen molar-refractivity contribution in [3.05, 3.63) is 39.0 Å². The second kappa shape index (κ2) is 6.78. The van der Waals surface area contributed by atoms with Gasteiger partial charge in [-0.3, -0.25) is 9.36 Å². The Morgan fingerprint density at radius 3 is 2.80 bits per heavy atom. The number of carboxylic acid groups (broad SMARTS) is 1. The lowest BCUT2D eigenvalue weighted by molar-refractivity contribution is -0.133. The van der Waals surface area contributed by atoms with Gasteiger partial charge < -0.3 is 5.11 Å². The van der Waals surface area contributed by atoms with Crippen LogP contribution in [0.15, 0.2) is 38.5 Å². The number of aliphatic carboxylic acids is 1. The van der Waals surface area contributed by atoms with Crippen LogP contribution < -0.4 is 0 Å². The first-order valence-corrected chi connectivity index (χ1v) is 8.46. The van der Waals surface area contributed by atoms with Crippen molar-refractivity contribution in [3.8, 4) is 5.69 Å². The molecule has 1 aromatic carbocycles. The Morgan fingerprint density at radius 2 is 2.20 bits per heavy atom. The number of hydrogen-bond donors (Lipinski definition) is 1. The minimum absolute atomic E-state index is 0.00564. The number of thioether (sulfide) groups is 1. The van der Waals surface area contributed by atoms with Gasteiger partial charge in [0.15, 0.2) is 5.16 Å². The molecule has 0 saturated carbocycles. The summed E-state index contributed by atoms with van der Waals surface area (Å²) in [5, 5.41) is 9.51. The van der Waals surface area contributed by atoms with Crippen molar-refractivity contribution in [2.24, 2.45) is 0 Å². The van der Waals surface area contributed by atoms with E-state index in [2.05, 4.69) is 36.8 Å². The van der Waals surface area contributed by atoms with E-state index in [4.69, 9.17) is 5.11 Å². The summed E-state index contributed by atoms with van der Waals surface area (Å²) in [5.41, 5.74) is 2.00. The van der Waals surface area contributed by atoms with Gasteiger partial charge in [0.05, 0.1) is 11.4 Å². The molecule has 0 aliphatic rings. The zero-order valence-corrected chi connectivity index (χ0v) is 14.6. The second-order valence-electron chi connectivity index (χ2n) is 4.00. The fourth-order valence-electron chi connectivity index (χ4n) is 1.77. The number of aromatic nitrogens is 2. The number of imidazole rings is 1. The lowest BCUT2D eigenvalue weighted by Crippen LogP contribution is -2.04. The topological polar surface area (TPSA) is 55.1 Å². The Morgan fingerprint density at radius 1 is 1.45 bits per heavy atom. The van der Waals surface area contributed by atoms with Crippen LogP contribution in [0.4, 0.5) is 0 Å². The summed E-state index contributed by atoms with van der Waals surface area (Å²) in [6.45, 7) is 2.05. The maximum atomic E-state index is 10.7. The Labute approximate surface area is 137 Å². The molecule has 0 atom stereocenters. The minimum atomic E-state index is -0.850. The van der Waals surface area contributed by atoms with Gasteiger partial charge in [-0.25, -0.2) is 4.98 Å². The van der Waals surface area contributed by atoms with E-state index in [0.29, 0.717) is 5.16 Å². The van der Waals surface area contributed by atoms with Crippen molar-refractivity contribution >= 4 is 49.6 Å². The number of rotatable bonds is 5. The molecule has 2 aromatic rings. The number of hydrogen-bond acceptors (Lipinski definition) is 3. The van der Waals surface area contributed by atoms with Crippen LogP contribution in [0.3, 0.4) is 0 Å². The summed E-state index contributed by atoms with van der Waals surface area (Å²) in [7, 11) is 0. The van der Waals surface area contributed by atoms with Gasteiger partial charge in [-0.05, 0) is 40.5 Å². The van der Waals surface area contributed by atoms with Crippen LogP contribution in [0.2, 0.25) is 0 Å². The molecule has 20 heavy (non-hydrogen) atoms. The molecule has 0 amide bonds. The lowest BCUT2D eigenvalue weighted by Gasteiger charge is -2.12. The number of nitrogens with zero attached hydrogens (tertiary/aromatic N) is 2. The summed E-state index contributed by atoms with van der Waals surface area (Å²) in [4.78, 5) is 15.1. The van der Waals surface area contributed by atoms with Gasteiger partial charge in [-0.1, -0.05) is 34.6 Å². The third kappa shape index (κ3) is 3.45. The fourth-order valence-corrected chi connectivity index (χ4v) is 3.71. The first kappa shape index (κ1) is 15.6. The van der Waals surface area contributed by atoms with Gasteiger partial charge in [0, 0.05) is 20.8 Å². The van der Waals surface area contributed by atoms with Crippen LogP contribution in [0, 0.1) is 0 Å². The van der Waals surface area contributed by atoms with E-state index in [-0.39, 0.29) is 5.75 Å². The monoisotopic (exact) mass is 418 g/mol. The number of halogens is 2. The van der Waals surface area contributed by atoms with E-state index in [1.54, 1.807) is 6.20 Å². The maximum Gasteiger partial charge on any atom is 0.313 e. The standard InChI is InChI=1S/C13H12Br2N2O2S/c1-2-9-6-16-13(20-7-12(18)19)17(9)11-4-3-8(14)5-10(11)15/h3-6H,2,7H2,1H3,(H,18,19). The van der Waals surface area contributed by atoms with Crippen molar-refractivity contribution in [1.82, 2.24) is 9.55 Å². The van der Waals surface area contributed by atoms with Gasteiger partial charge >= 0.3 is 5.97 Å². The van der Waals surface area contributed by atoms with Gasteiger partial charge in [0.25, 0.3) is 0 Å². The van der Waals surface area contributed by atoms with Gasteiger partial charge in [-0.2, -0.15) is 0 Å². The first-order chi connectivity index (χ1) is 9.52. The molecule has 0 aliphatic heterocycles. The summed E-state index contributed by atoms with van der Waals surface area (Å²) in [6, 6.07) is 5.88. The Bertz CT molecular complexity index is 643. The van der Waals surface area contributed by atoms with E-state index in [1.165, 1.54) is 11.8 Å². The average molecular weight is 420 g/mol. The zero-order chi connectivity index (χ0) is 14.7. The van der Waals surface area contributed by atoms with Crippen molar-refractivity contribution in [2.45, 2.75) is 18.5 Å². The SMILES string of the molecule is CCc1cnc(SCC(=O)O)n1-c1ccc(Br)cc1Br. The molecule has 1 N–H and O–H groups in total. The number of carboxylic acids is 1. The van der Waals surface area contributed by atoms with E-state index in [1.807, 2.05) is 29.7 Å². The van der Waals surface area contributed by atoms with Gasteiger partial charge in [0.1, 0.15) is 0 Å². The minimum Gasteiger partial charge on any atom is -0.481 e. The van der Waals surface area contributed by atoms with Crippen LogP contribution >= 0.6 is 43.6 Å². The highest BCUT2D eigenvalue weighted by Gasteiger charge is 2.15. The summed E-state index contributed by atoms with van der Waals surface area (Å²) in [6.07, 6.45) is 2.61. The third-order valence-corrected chi connectivity index (χ3v) is 4.71. The van der Waals surface area contributed by atoms with Crippen molar-refractivity contribution in [1.29, 1.82) is 0 Å². The molecule has 4 nitrogen and oxygen atoms in total.